The van der Waals surface area contributed by atoms with Crippen LogP contribution in [0.25, 0.3) is 0 Å². The van der Waals surface area contributed by atoms with Crippen LogP contribution in [0.15, 0.2) is 46.4 Å². The minimum Gasteiger partial charge on any atom is -0.293 e. The van der Waals surface area contributed by atoms with E-state index in [9.17, 15) is 4.79 Å². The number of nitrogens with one attached hydrogen (secondary N) is 1. The normalized spacial score (nSPS) is 29.8. The first-order chi connectivity index (χ1) is 8.29. The van der Waals surface area contributed by atoms with Gasteiger partial charge in [-0.1, -0.05) is 30.4 Å². The predicted octanol–water partition coefficient (Wildman–Crippen LogP) is 1.81. The average molecular weight is 246 g/mol. The van der Waals surface area contributed by atoms with Gasteiger partial charge in [0.15, 0.2) is 0 Å². The van der Waals surface area contributed by atoms with Gasteiger partial charge in [-0.2, -0.15) is 0 Å². The van der Waals surface area contributed by atoms with Gasteiger partial charge < -0.3 is 0 Å². The van der Waals surface area contributed by atoms with Gasteiger partial charge in [0.2, 0.25) is 0 Å². The molecule has 88 valence electrons. The van der Waals surface area contributed by atoms with Crippen molar-refractivity contribution < 1.29 is 4.79 Å². The quantitative estimate of drug-likeness (QED) is 0.421. The maximum Gasteiger partial charge on any atom is 0.251 e. The Morgan fingerprint density at radius 3 is 3.18 bits per heavy atom. The molecule has 0 radical (unpaired) electrons. The zero-order valence-electron chi connectivity index (χ0n) is 9.35. The van der Waals surface area contributed by atoms with E-state index in [4.69, 9.17) is 5.84 Å². The molecular weight excluding hydrogens is 232 g/mol. The van der Waals surface area contributed by atoms with Crippen molar-refractivity contribution in [2.45, 2.75) is 18.1 Å². The van der Waals surface area contributed by atoms with Crippen molar-refractivity contribution in [3.05, 3.63) is 46.4 Å². The molecule has 3 N–H and O–H groups in total. The molecule has 3 aliphatic rings. The molecule has 17 heavy (non-hydrogen) atoms. The van der Waals surface area contributed by atoms with Crippen LogP contribution in [0.4, 0.5) is 0 Å². The number of carbonyl (C=O) groups is 1. The fourth-order valence-electron chi connectivity index (χ4n) is 2.55. The largest absolute Gasteiger partial charge is 0.293 e. The monoisotopic (exact) mass is 246 g/mol. The number of amides is 1. The van der Waals surface area contributed by atoms with Crippen molar-refractivity contribution in [1.29, 1.82) is 0 Å². The predicted molar refractivity (Wildman–Crippen MR) is 69.8 cm³/mol. The molecule has 2 atom stereocenters. The molecule has 0 spiro atoms. The number of hydrogen-bond acceptors (Lipinski definition) is 3. The smallest absolute Gasteiger partial charge is 0.251 e. The third kappa shape index (κ3) is 1.77. The van der Waals surface area contributed by atoms with Crippen molar-refractivity contribution in [3.8, 4) is 0 Å². The van der Waals surface area contributed by atoms with Gasteiger partial charge in [-0.05, 0) is 24.0 Å². The molecule has 3 rings (SSSR count). The Morgan fingerprint density at radius 1 is 1.47 bits per heavy atom. The van der Waals surface area contributed by atoms with Crippen LogP contribution in [-0.4, -0.2) is 11.2 Å². The standard InChI is InChI=1S/C13H14N2OS/c14-15-13(16)11-7-9-6-5-8-3-1-2-4-10(8)12(9)17-11/h1-4,7-8,11H,5-6,14H2,(H,15,16). The van der Waals surface area contributed by atoms with Crippen molar-refractivity contribution in [1.82, 2.24) is 5.43 Å². The minimum atomic E-state index is -0.157. The summed E-state index contributed by atoms with van der Waals surface area (Å²) in [7, 11) is 0. The first-order valence-corrected chi connectivity index (χ1v) is 6.65. The van der Waals surface area contributed by atoms with Crippen LogP contribution in [0.1, 0.15) is 12.8 Å². The Morgan fingerprint density at radius 2 is 2.35 bits per heavy atom. The lowest BCUT2D eigenvalue weighted by molar-refractivity contribution is -0.119. The summed E-state index contributed by atoms with van der Waals surface area (Å²) in [6.07, 6.45) is 12.8. The summed E-state index contributed by atoms with van der Waals surface area (Å²) in [6.45, 7) is 0. The first kappa shape index (κ1) is 10.9. The summed E-state index contributed by atoms with van der Waals surface area (Å²) in [5, 5.41) is -0.157. The van der Waals surface area contributed by atoms with E-state index in [1.165, 1.54) is 16.1 Å². The number of carbonyl (C=O) groups excluding carboxylic acids is 1. The van der Waals surface area contributed by atoms with Gasteiger partial charge in [-0.15, -0.1) is 11.8 Å². The highest BCUT2D eigenvalue weighted by Gasteiger charge is 2.33. The number of hydrazine groups is 1. The Labute approximate surface area is 104 Å². The van der Waals surface area contributed by atoms with Crippen molar-refractivity contribution >= 4 is 17.7 Å². The molecule has 0 aromatic rings. The van der Waals surface area contributed by atoms with E-state index in [1.54, 1.807) is 11.8 Å². The van der Waals surface area contributed by atoms with Crippen LogP contribution < -0.4 is 11.3 Å². The third-order valence-corrected chi connectivity index (χ3v) is 4.74. The second kappa shape index (κ2) is 4.20. The molecule has 1 aliphatic heterocycles. The van der Waals surface area contributed by atoms with Gasteiger partial charge in [0.25, 0.3) is 5.91 Å². The van der Waals surface area contributed by atoms with Crippen LogP contribution in [-0.2, 0) is 4.79 Å². The lowest BCUT2D eigenvalue weighted by Gasteiger charge is -2.25. The second-order valence-electron chi connectivity index (χ2n) is 4.41. The van der Waals surface area contributed by atoms with Crippen LogP contribution in [0, 0.1) is 5.92 Å². The average Bonchev–Trinajstić information content (AvgIpc) is 2.82. The van der Waals surface area contributed by atoms with E-state index in [0.29, 0.717) is 5.92 Å². The Hall–Kier alpha value is -1.26. The number of rotatable bonds is 1. The van der Waals surface area contributed by atoms with Gasteiger partial charge in [0.05, 0.1) is 0 Å². The van der Waals surface area contributed by atoms with Crippen LogP contribution in [0.2, 0.25) is 0 Å². The SMILES string of the molecule is NNC(=O)C1C=C2CCC3C=CC=CC3=C2S1. The highest BCUT2D eigenvalue weighted by molar-refractivity contribution is 8.05. The molecule has 0 bridgehead atoms. The fourth-order valence-corrected chi connectivity index (χ4v) is 3.89. The van der Waals surface area contributed by atoms with Gasteiger partial charge >= 0.3 is 0 Å². The molecular formula is C13H14N2OS. The molecule has 0 saturated heterocycles. The van der Waals surface area contributed by atoms with E-state index in [1.807, 2.05) is 0 Å². The zero-order valence-corrected chi connectivity index (χ0v) is 10.2. The topological polar surface area (TPSA) is 55.1 Å². The molecule has 0 fully saturated rings. The minimum absolute atomic E-state index is 0.114. The van der Waals surface area contributed by atoms with E-state index >= 15 is 0 Å². The molecule has 0 aromatic heterocycles. The molecule has 2 unspecified atom stereocenters. The van der Waals surface area contributed by atoms with Crippen molar-refractivity contribution in [3.63, 3.8) is 0 Å². The van der Waals surface area contributed by atoms with E-state index in [-0.39, 0.29) is 11.2 Å². The Balaban J connectivity index is 1.95. The van der Waals surface area contributed by atoms with Crippen LogP contribution in [0.5, 0.6) is 0 Å². The van der Waals surface area contributed by atoms with Crippen LogP contribution >= 0.6 is 11.8 Å². The van der Waals surface area contributed by atoms with Gasteiger partial charge in [-0.25, -0.2) is 5.84 Å². The van der Waals surface area contributed by atoms with E-state index in [2.05, 4.69) is 35.8 Å². The lowest BCUT2D eigenvalue weighted by Crippen LogP contribution is -2.36. The Bertz CT molecular complexity index is 488. The molecule has 4 heteroatoms. The molecule has 1 amide bonds. The van der Waals surface area contributed by atoms with E-state index in [0.717, 1.165) is 12.8 Å². The maximum absolute atomic E-state index is 11.6. The zero-order chi connectivity index (χ0) is 11.8. The summed E-state index contributed by atoms with van der Waals surface area (Å²) < 4.78 is 0. The van der Waals surface area contributed by atoms with Crippen molar-refractivity contribution in [2.75, 3.05) is 0 Å². The third-order valence-electron chi connectivity index (χ3n) is 3.41. The molecule has 3 nitrogen and oxygen atoms in total. The summed E-state index contributed by atoms with van der Waals surface area (Å²) in [5.74, 6) is 5.60. The lowest BCUT2D eigenvalue weighted by atomic mass is 9.82. The maximum atomic E-state index is 11.6. The summed E-state index contributed by atoms with van der Waals surface area (Å²) in [5.41, 5.74) is 4.91. The first-order valence-electron chi connectivity index (χ1n) is 5.77. The number of fused-ring (bicyclic) bond motifs is 2. The van der Waals surface area contributed by atoms with Crippen molar-refractivity contribution in [2.24, 2.45) is 11.8 Å². The van der Waals surface area contributed by atoms with Gasteiger partial charge in [0.1, 0.15) is 5.25 Å². The number of allylic oxidation sites excluding steroid dienone is 6. The fraction of sp³-hybridized carbons (Fsp3) is 0.308. The molecule has 2 aliphatic carbocycles. The molecule has 0 saturated carbocycles. The second-order valence-corrected chi connectivity index (χ2v) is 5.56. The Kier molecular flexibility index (Phi) is 2.68. The number of thioether (sulfide) groups is 1. The summed E-state index contributed by atoms with van der Waals surface area (Å²) in [4.78, 5) is 12.8. The number of nitrogens with two attached hydrogens (primary N) is 1. The summed E-state index contributed by atoms with van der Waals surface area (Å²) in [6, 6.07) is 0. The number of hydrogen-bond donors (Lipinski definition) is 2. The molecule has 0 aromatic carbocycles. The van der Waals surface area contributed by atoms with Gasteiger partial charge in [-0.3, -0.25) is 10.2 Å². The van der Waals surface area contributed by atoms with E-state index < -0.39 is 0 Å². The highest BCUT2D eigenvalue weighted by Crippen LogP contribution is 2.48. The molecule has 1 heterocycles. The van der Waals surface area contributed by atoms with Gasteiger partial charge in [0, 0.05) is 10.8 Å². The van der Waals surface area contributed by atoms with Crippen LogP contribution in [0.3, 0.4) is 0 Å². The summed E-state index contributed by atoms with van der Waals surface area (Å²) >= 11 is 1.62. The highest BCUT2D eigenvalue weighted by atomic mass is 32.2.